The van der Waals surface area contributed by atoms with Gasteiger partial charge in [-0.05, 0) is 27.1 Å². The molecule has 1 heterocycles. The average molecular weight is 210 g/mol. The molecule has 0 fully saturated rings. The molecular weight excluding hydrogens is 192 g/mol. The van der Waals surface area contributed by atoms with Gasteiger partial charge in [0.2, 0.25) is 0 Å². The van der Waals surface area contributed by atoms with Crippen LogP contribution in [0.1, 0.15) is 6.42 Å². The molecule has 1 rings (SSSR count). The molecule has 0 unspecified atom stereocenters. The van der Waals surface area contributed by atoms with Crippen molar-refractivity contribution in [3.63, 3.8) is 0 Å². The molecule has 84 valence electrons. The lowest BCUT2D eigenvalue weighted by molar-refractivity contribution is 0.405. The molecule has 0 aliphatic heterocycles. The Labute approximate surface area is 89.7 Å². The van der Waals surface area contributed by atoms with E-state index in [1.54, 1.807) is 19.4 Å². The summed E-state index contributed by atoms with van der Waals surface area (Å²) in [4.78, 5) is 17.6. The monoisotopic (exact) mass is 210 g/mol. The molecule has 0 aliphatic rings. The zero-order valence-corrected chi connectivity index (χ0v) is 9.53. The first-order chi connectivity index (χ1) is 7.11. The molecule has 5 heteroatoms. The second kappa shape index (κ2) is 5.50. The Bertz CT molecular complexity index is 359. The second-order valence-electron chi connectivity index (χ2n) is 3.78. The van der Waals surface area contributed by atoms with E-state index in [2.05, 4.69) is 15.2 Å². The van der Waals surface area contributed by atoms with Gasteiger partial charge in [0, 0.05) is 26.0 Å². The summed E-state index contributed by atoms with van der Waals surface area (Å²) >= 11 is 0. The van der Waals surface area contributed by atoms with Gasteiger partial charge in [-0.3, -0.25) is 4.79 Å². The lowest BCUT2D eigenvalue weighted by Crippen LogP contribution is -2.23. The molecule has 0 aromatic carbocycles. The first kappa shape index (κ1) is 11.7. The SMILES string of the molecule is CN(C)CCCNc1nccn(C)c1=O. The van der Waals surface area contributed by atoms with Crippen LogP contribution >= 0.6 is 0 Å². The predicted molar refractivity (Wildman–Crippen MR) is 61.1 cm³/mol. The van der Waals surface area contributed by atoms with E-state index in [1.807, 2.05) is 14.1 Å². The summed E-state index contributed by atoms with van der Waals surface area (Å²) in [5.41, 5.74) is -0.0812. The summed E-state index contributed by atoms with van der Waals surface area (Å²) < 4.78 is 1.52. The number of hydrogen-bond donors (Lipinski definition) is 1. The summed E-state index contributed by atoms with van der Waals surface area (Å²) in [7, 11) is 5.77. The number of aromatic nitrogens is 2. The van der Waals surface area contributed by atoms with Crippen LogP contribution in [-0.2, 0) is 7.05 Å². The Morgan fingerprint density at radius 3 is 2.93 bits per heavy atom. The molecule has 0 bridgehead atoms. The lowest BCUT2D eigenvalue weighted by Gasteiger charge is -2.10. The Morgan fingerprint density at radius 2 is 2.27 bits per heavy atom. The smallest absolute Gasteiger partial charge is 0.293 e. The number of aryl methyl sites for hydroxylation is 1. The molecule has 0 atom stereocenters. The summed E-state index contributed by atoms with van der Waals surface area (Å²) in [6, 6.07) is 0. The van der Waals surface area contributed by atoms with Gasteiger partial charge in [0.25, 0.3) is 5.56 Å². The van der Waals surface area contributed by atoms with Gasteiger partial charge in [-0.1, -0.05) is 0 Å². The van der Waals surface area contributed by atoms with E-state index in [0.717, 1.165) is 19.5 Å². The number of hydrogen-bond acceptors (Lipinski definition) is 4. The Hall–Kier alpha value is -1.36. The van der Waals surface area contributed by atoms with Crippen LogP contribution in [0.5, 0.6) is 0 Å². The number of anilines is 1. The van der Waals surface area contributed by atoms with Crippen molar-refractivity contribution in [2.75, 3.05) is 32.5 Å². The molecule has 0 amide bonds. The van der Waals surface area contributed by atoms with Crippen LogP contribution in [-0.4, -0.2) is 41.6 Å². The van der Waals surface area contributed by atoms with E-state index in [0.29, 0.717) is 5.82 Å². The molecule has 1 N–H and O–H groups in total. The zero-order chi connectivity index (χ0) is 11.3. The molecular formula is C10H18N4O. The summed E-state index contributed by atoms with van der Waals surface area (Å²) in [5, 5.41) is 3.04. The van der Waals surface area contributed by atoms with E-state index in [9.17, 15) is 4.79 Å². The quantitative estimate of drug-likeness (QED) is 0.703. The minimum atomic E-state index is -0.0812. The Balaban J connectivity index is 2.44. The van der Waals surface area contributed by atoms with Crippen molar-refractivity contribution in [3.8, 4) is 0 Å². The molecule has 0 spiro atoms. The highest BCUT2D eigenvalue weighted by Gasteiger charge is 2.00. The summed E-state index contributed by atoms with van der Waals surface area (Å²) in [6.07, 6.45) is 4.26. The maximum atomic E-state index is 11.5. The molecule has 0 saturated heterocycles. The summed E-state index contributed by atoms with van der Waals surface area (Å²) in [5.74, 6) is 0.429. The Morgan fingerprint density at radius 1 is 1.53 bits per heavy atom. The standard InChI is InChI=1S/C10H18N4O/c1-13(2)7-4-5-11-9-10(15)14(3)8-6-12-9/h6,8H,4-5,7H2,1-3H3,(H,11,12). The fourth-order valence-electron chi connectivity index (χ4n) is 1.22. The highest BCUT2D eigenvalue weighted by atomic mass is 16.1. The zero-order valence-electron chi connectivity index (χ0n) is 9.53. The molecule has 0 aliphatic carbocycles. The maximum Gasteiger partial charge on any atom is 0.293 e. The van der Waals surface area contributed by atoms with Crippen molar-refractivity contribution in [1.29, 1.82) is 0 Å². The third-order valence-corrected chi connectivity index (χ3v) is 2.09. The molecule has 0 radical (unpaired) electrons. The molecule has 1 aromatic rings. The van der Waals surface area contributed by atoms with Crippen molar-refractivity contribution in [2.24, 2.45) is 7.05 Å². The van der Waals surface area contributed by atoms with Gasteiger partial charge in [-0.25, -0.2) is 4.98 Å². The minimum Gasteiger partial charge on any atom is -0.365 e. The summed E-state index contributed by atoms with van der Waals surface area (Å²) in [6.45, 7) is 1.77. The highest BCUT2D eigenvalue weighted by molar-refractivity contribution is 5.30. The van der Waals surface area contributed by atoms with Gasteiger partial charge in [0.05, 0.1) is 0 Å². The highest BCUT2D eigenvalue weighted by Crippen LogP contribution is 1.92. The van der Waals surface area contributed by atoms with Crippen LogP contribution in [0.3, 0.4) is 0 Å². The van der Waals surface area contributed by atoms with Crippen LogP contribution in [0.2, 0.25) is 0 Å². The van der Waals surface area contributed by atoms with Gasteiger partial charge in [0.15, 0.2) is 5.82 Å². The van der Waals surface area contributed by atoms with E-state index in [1.165, 1.54) is 4.57 Å². The van der Waals surface area contributed by atoms with Gasteiger partial charge in [-0.15, -0.1) is 0 Å². The fourth-order valence-corrected chi connectivity index (χ4v) is 1.22. The topological polar surface area (TPSA) is 50.2 Å². The predicted octanol–water partition coefficient (Wildman–Crippen LogP) is 0.144. The normalized spacial score (nSPS) is 10.7. The first-order valence-electron chi connectivity index (χ1n) is 5.01. The van der Waals surface area contributed by atoms with E-state index in [4.69, 9.17) is 0 Å². The number of nitrogens with zero attached hydrogens (tertiary/aromatic N) is 3. The first-order valence-corrected chi connectivity index (χ1v) is 5.01. The van der Waals surface area contributed by atoms with Crippen molar-refractivity contribution < 1.29 is 0 Å². The van der Waals surface area contributed by atoms with Gasteiger partial charge < -0.3 is 14.8 Å². The van der Waals surface area contributed by atoms with Crippen LogP contribution in [0.25, 0.3) is 0 Å². The van der Waals surface area contributed by atoms with Gasteiger partial charge in [-0.2, -0.15) is 0 Å². The Kier molecular flexibility index (Phi) is 4.30. The van der Waals surface area contributed by atoms with Crippen LogP contribution in [0.15, 0.2) is 17.2 Å². The third-order valence-electron chi connectivity index (χ3n) is 2.09. The van der Waals surface area contributed by atoms with Crippen LogP contribution < -0.4 is 10.9 Å². The van der Waals surface area contributed by atoms with Crippen molar-refractivity contribution >= 4 is 5.82 Å². The van der Waals surface area contributed by atoms with Crippen LogP contribution in [0.4, 0.5) is 5.82 Å². The molecule has 0 saturated carbocycles. The maximum absolute atomic E-state index is 11.5. The minimum absolute atomic E-state index is 0.0812. The second-order valence-corrected chi connectivity index (χ2v) is 3.78. The van der Waals surface area contributed by atoms with E-state index < -0.39 is 0 Å². The van der Waals surface area contributed by atoms with E-state index >= 15 is 0 Å². The molecule has 5 nitrogen and oxygen atoms in total. The van der Waals surface area contributed by atoms with Crippen LogP contribution in [0, 0.1) is 0 Å². The van der Waals surface area contributed by atoms with Crippen molar-refractivity contribution in [1.82, 2.24) is 14.5 Å². The van der Waals surface area contributed by atoms with Gasteiger partial charge >= 0.3 is 0 Å². The largest absolute Gasteiger partial charge is 0.365 e. The average Bonchev–Trinajstić information content (AvgIpc) is 2.18. The number of rotatable bonds is 5. The molecule has 15 heavy (non-hydrogen) atoms. The van der Waals surface area contributed by atoms with Crippen molar-refractivity contribution in [3.05, 3.63) is 22.7 Å². The van der Waals surface area contributed by atoms with E-state index in [-0.39, 0.29) is 5.56 Å². The fraction of sp³-hybridized carbons (Fsp3) is 0.600. The van der Waals surface area contributed by atoms with Gasteiger partial charge in [0.1, 0.15) is 0 Å². The van der Waals surface area contributed by atoms with Crippen molar-refractivity contribution in [2.45, 2.75) is 6.42 Å². The lowest BCUT2D eigenvalue weighted by atomic mass is 10.4. The third kappa shape index (κ3) is 3.71. The molecule has 1 aromatic heterocycles. The number of nitrogens with one attached hydrogen (secondary N) is 1.